The highest BCUT2D eigenvalue weighted by Crippen LogP contribution is 2.22. The molecule has 0 spiro atoms. The van der Waals surface area contributed by atoms with Gasteiger partial charge in [-0.05, 0) is 36.8 Å². The van der Waals surface area contributed by atoms with E-state index in [0.29, 0.717) is 24.2 Å². The van der Waals surface area contributed by atoms with Crippen molar-refractivity contribution in [2.45, 2.75) is 25.9 Å². The molecule has 0 saturated carbocycles. The van der Waals surface area contributed by atoms with Crippen LogP contribution >= 0.6 is 0 Å². The molecule has 0 unspecified atom stereocenters. The molecule has 6 nitrogen and oxygen atoms in total. The molecule has 0 radical (unpaired) electrons. The molecule has 132 valence electrons. The number of amides is 2. The second kappa shape index (κ2) is 8.58. The van der Waals surface area contributed by atoms with Gasteiger partial charge in [-0.1, -0.05) is 30.3 Å². The summed E-state index contributed by atoms with van der Waals surface area (Å²) >= 11 is 0. The number of nitrogens with one attached hydrogen (secondary N) is 1. The number of hydrogen-bond donors (Lipinski definition) is 1. The van der Waals surface area contributed by atoms with Crippen LogP contribution in [-0.4, -0.2) is 41.1 Å². The molecule has 6 heteroatoms. The number of carbonyl (C=O) groups excluding carboxylic acids is 1. The Morgan fingerprint density at radius 1 is 1.24 bits per heavy atom. The van der Waals surface area contributed by atoms with Crippen LogP contribution in [0.4, 0.5) is 10.6 Å². The van der Waals surface area contributed by atoms with Crippen LogP contribution in [-0.2, 0) is 17.8 Å². The average molecular weight is 340 g/mol. The fourth-order valence-corrected chi connectivity index (χ4v) is 3.14. The molecule has 1 N–H and O–H groups in total. The Morgan fingerprint density at radius 3 is 2.72 bits per heavy atom. The van der Waals surface area contributed by atoms with Gasteiger partial charge in [0.1, 0.15) is 12.4 Å². The van der Waals surface area contributed by atoms with Gasteiger partial charge in [-0.2, -0.15) is 0 Å². The second-order valence-electron chi connectivity index (χ2n) is 6.34. The monoisotopic (exact) mass is 340 g/mol. The number of benzene rings is 1. The Labute approximate surface area is 148 Å². The van der Waals surface area contributed by atoms with Crippen molar-refractivity contribution < 1.29 is 9.53 Å². The molecule has 3 rings (SSSR count). The van der Waals surface area contributed by atoms with E-state index >= 15 is 0 Å². The summed E-state index contributed by atoms with van der Waals surface area (Å²) in [6.07, 6.45) is 4.77. The smallest absolute Gasteiger partial charge is 0.323 e. The maximum absolute atomic E-state index is 12.4. The molecule has 1 aliphatic heterocycles. The Balaban J connectivity index is 1.49. The van der Waals surface area contributed by atoms with Crippen molar-refractivity contribution >= 4 is 11.8 Å². The lowest BCUT2D eigenvalue weighted by molar-refractivity contribution is 0.177. The summed E-state index contributed by atoms with van der Waals surface area (Å²) in [5.41, 5.74) is 1.37. The first-order valence-corrected chi connectivity index (χ1v) is 8.65. The maximum atomic E-state index is 12.4. The Bertz CT molecular complexity index is 685. The zero-order valence-corrected chi connectivity index (χ0v) is 14.5. The molecule has 1 aromatic carbocycles. The van der Waals surface area contributed by atoms with Crippen molar-refractivity contribution in [3.63, 3.8) is 0 Å². The molecular formula is C19H24N4O2. The van der Waals surface area contributed by atoms with Crippen LogP contribution in [0.15, 0.2) is 42.6 Å². The minimum Gasteiger partial charge on any atom is -0.377 e. The van der Waals surface area contributed by atoms with Gasteiger partial charge in [-0.3, -0.25) is 5.32 Å². The average Bonchev–Trinajstić information content (AvgIpc) is 2.64. The predicted molar refractivity (Wildman–Crippen MR) is 96.2 cm³/mol. The molecule has 0 bridgehead atoms. The van der Waals surface area contributed by atoms with E-state index in [1.54, 1.807) is 19.4 Å². The van der Waals surface area contributed by atoms with E-state index in [4.69, 9.17) is 4.74 Å². The first-order valence-electron chi connectivity index (χ1n) is 8.65. The fraction of sp³-hybridized carbons (Fsp3) is 0.421. The number of methoxy groups -OCH3 is 1. The minimum absolute atomic E-state index is 0.0970. The van der Waals surface area contributed by atoms with Crippen molar-refractivity contribution in [2.24, 2.45) is 5.92 Å². The summed E-state index contributed by atoms with van der Waals surface area (Å²) < 4.78 is 5.02. The highest BCUT2D eigenvalue weighted by molar-refractivity contribution is 5.88. The molecule has 2 aromatic rings. The van der Waals surface area contributed by atoms with Crippen LogP contribution in [0, 0.1) is 5.92 Å². The first kappa shape index (κ1) is 17.4. The predicted octanol–water partition coefficient (Wildman–Crippen LogP) is 3.11. The van der Waals surface area contributed by atoms with Crippen LogP contribution in [0.25, 0.3) is 0 Å². The number of hydrogen-bond acceptors (Lipinski definition) is 4. The van der Waals surface area contributed by atoms with E-state index in [1.807, 2.05) is 11.0 Å². The summed E-state index contributed by atoms with van der Waals surface area (Å²) in [4.78, 5) is 22.7. The summed E-state index contributed by atoms with van der Waals surface area (Å²) in [6.45, 7) is 1.88. The van der Waals surface area contributed by atoms with E-state index in [2.05, 4.69) is 39.6 Å². The molecule has 2 heterocycles. The zero-order valence-electron chi connectivity index (χ0n) is 14.5. The lowest BCUT2D eigenvalue weighted by Crippen LogP contribution is -2.41. The highest BCUT2D eigenvalue weighted by Gasteiger charge is 2.23. The van der Waals surface area contributed by atoms with Crippen LogP contribution < -0.4 is 5.32 Å². The van der Waals surface area contributed by atoms with Gasteiger partial charge in [-0.15, -0.1) is 0 Å². The third-order valence-electron chi connectivity index (χ3n) is 4.48. The number of ether oxygens (including phenoxy) is 1. The van der Waals surface area contributed by atoms with Crippen molar-refractivity contribution in [2.75, 3.05) is 25.5 Å². The van der Waals surface area contributed by atoms with E-state index in [-0.39, 0.29) is 6.03 Å². The molecule has 1 aromatic heterocycles. The summed E-state index contributed by atoms with van der Waals surface area (Å²) in [5.74, 6) is 1.71. The third-order valence-corrected chi connectivity index (χ3v) is 4.48. The lowest BCUT2D eigenvalue weighted by atomic mass is 9.90. The number of urea groups is 1. The van der Waals surface area contributed by atoms with Gasteiger partial charge in [0.05, 0.1) is 0 Å². The van der Waals surface area contributed by atoms with Crippen LogP contribution in [0.2, 0.25) is 0 Å². The molecular weight excluding hydrogens is 316 g/mol. The van der Waals surface area contributed by atoms with Crippen molar-refractivity contribution in [1.82, 2.24) is 14.9 Å². The summed E-state index contributed by atoms with van der Waals surface area (Å²) in [6, 6.07) is 12.1. The number of piperidine rings is 1. The summed E-state index contributed by atoms with van der Waals surface area (Å²) in [7, 11) is 1.59. The molecule has 1 fully saturated rings. The SMILES string of the molecule is COCc1nccc(NC(=O)N2CCC(Cc3ccccc3)CC2)n1. The number of anilines is 1. The van der Waals surface area contributed by atoms with Gasteiger partial charge in [-0.25, -0.2) is 14.8 Å². The Kier molecular flexibility index (Phi) is 5.95. The normalized spacial score (nSPS) is 15.2. The second-order valence-corrected chi connectivity index (χ2v) is 6.34. The van der Waals surface area contributed by atoms with E-state index in [9.17, 15) is 4.79 Å². The van der Waals surface area contributed by atoms with Gasteiger partial charge in [0.2, 0.25) is 0 Å². The number of nitrogens with zero attached hydrogens (tertiary/aromatic N) is 3. The van der Waals surface area contributed by atoms with E-state index in [0.717, 1.165) is 32.4 Å². The Morgan fingerprint density at radius 2 is 2.00 bits per heavy atom. The van der Waals surface area contributed by atoms with Gasteiger partial charge in [0.25, 0.3) is 0 Å². The maximum Gasteiger partial charge on any atom is 0.323 e. The molecule has 1 aliphatic rings. The standard InChI is InChI=1S/C19H24N4O2/c1-25-14-18-20-10-7-17(21-18)22-19(24)23-11-8-16(9-12-23)13-15-5-3-2-4-6-15/h2-7,10,16H,8-9,11-14H2,1H3,(H,20,21,22,24). The van der Waals surface area contributed by atoms with Gasteiger partial charge in [0.15, 0.2) is 5.82 Å². The number of likely N-dealkylation sites (tertiary alicyclic amines) is 1. The largest absolute Gasteiger partial charge is 0.377 e. The van der Waals surface area contributed by atoms with Crippen LogP contribution in [0.3, 0.4) is 0 Å². The number of aromatic nitrogens is 2. The molecule has 0 aliphatic carbocycles. The number of rotatable bonds is 5. The van der Waals surface area contributed by atoms with Gasteiger partial charge in [0, 0.05) is 26.4 Å². The zero-order chi connectivity index (χ0) is 17.5. The van der Waals surface area contributed by atoms with Crippen molar-refractivity contribution in [1.29, 1.82) is 0 Å². The Hall–Kier alpha value is -2.47. The summed E-state index contributed by atoms with van der Waals surface area (Å²) in [5, 5.41) is 2.86. The third kappa shape index (κ3) is 5.00. The molecule has 0 atom stereocenters. The molecule has 25 heavy (non-hydrogen) atoms. The molecule has 2 amide bonds. The van der Waals surface area contributed by atoms with E-state index in [1.165, 1.54) is 5.56 Å². The number of carbonyl (C=O) groups is 1. The molecule has 1 saturated heterocycles. The minimum atomic E-state index is -0.0970. The van der Waals surface area contributed by atoms with Crippen LogP contribution in [0.5, 0.6) is 0 Å². The highest BCUT2D eigenvalue weighted by atomic mass is 16.5. The lowest BCUT2D eigenvalue weighted by Gasteiger charge is -2.32. The van der Waals surface area contributed by atoms with E-state index < -0.39 is 0 Å². The van der Waals surface area contributed by atoms with Crippen molar-refractivity contribution in [3.05, 3.63) is 54.0 Å². The fourth-order valence-electron chi connectivity index (χ4n) is 3.14. The quantitative estimate of drug-likeness (QED) is 0.908. The topological polar surface area (TPSA) is 67.3 Å². The van der Waals surface area contributed by atoms with Gasteiger partial charge >= 0.3 is 6.03 Å². The first-order chi connectivity index (χ1) is 12.2. The van der Waals surface area contributed by atoms with Crippen LogP contribution in [0.1, 0.15) is 24.2 Å². The van der Waals surface area contributed by atoms with Crippen molar-refractivity contribution in [3.8, 4) is 0 Å². The van der Waals surface area contributed by atoms with Gasteiger partial charge < -0.3 is 9.64 Å².